The van der Waals surface area contributed by atoms with E-state index in [1.54, 1.807) is 60.7 Å². The number of carbonyl (C=O) groups excluding carboxylic acids is 16. The van der Waals surface area contributed by atoms with Gasteiger partial charge in [0.15, 0.2) is 0 Å². The van der Waals surface area contributed by atoms with Crippen LogP contribution in [0.4, 0.5) is 22.7 Å². The fraction of sp³-hybridized carbons (Fsp3) is 0.422. The molecule has 128 heavy (non-hydrogen) atoms. The summed E-state index contributed by atoms with van der Waals surface area (Å²) < 4.78 is 5.60. The highest BCUT2D eigenvalue weighted by atomic mass is 16.6. The summed E-state index contributed by atoms with van der Waals surface area (Å²) in [4.78, 5) is 242. The third kappa shape index (κ3) is 23.8. The molecule has 3 heterocycles. The van der Waals surface area contributed by atoms with Gasteiger partial charge in [0.1, 0.15) is 18.7 Å². The molecule has 15 amide bonds. The number of nitro groups is 1. The Morgan fingerprint density at radius 1 is 0.445 bits per heavy atom. The lowest BCUT2D eigenvalue weighted by Gasteiger charge is -2.33. The topological polar surface area (TPSA) is 553 Å². The van der Waals surface area contributed by atoms with Crippen LogP contribution in [-0.4, -0.2) is 210 Å². The van der Waals surface area contributed by atoms with Gasteiger partial charge < -0.3 is 89.8 Å². The lowest BCUT2D eigenvalue weighted by Crippen LogP contribution is -2.58. The summed E-state index contributed by atoms with van der Waals surface area (Å²) in [5, 5.41) is 53.9. The minimum atomic E-state index is -1.90. The molecule has 0 radical (unpaired) electrons. The third-order valence-electron chi connectivity index (χ3n) is 24.3. The van der Waals surface area contributed by atoms with Crippen molar-refractivity contribution in [2.45, 2.75) is 208 Å². The Labute approximate surface area is 735 Å². The molecule has 13 rings (SSSR count). The molecule has 6 aromatic rings. The molecule has 16 N–H and O–H groups in total. The van der Waals surface area contributed by atoms with Gasteiger partial charge in [-0.1, -0.05) is 63.5 Å². The van der Waals surface area contributed by atoms with Crippen molar-refractivity contribution < 1.29 is 86.4 Å². The van der Waals surface area contributed by atoms with Gasteiger partial charge in [0.25, 0.3) is 64.8 Å². The Bertz CT molecular complexity index is 4920. The lowest BCUT2D eigenvalue weighted by molar-refractivity contribution is -0.384. The Kier molecular flexibility index (Phi) is 30.0. The molecular formula is C90H103N19O19. The molecule has 4 aliphatic carbocycles. The van der Waals surface area contributed by atoms with Gasteiger partial charge in [0.2, 0.25) is 29.5 Å². The molecule has 12 atom stereocenters. The number of azo groups is 1. The van der Waals surface area contributed by atoms with Crippen LogP contribution < -0.4 is 80.2 Å². The molecule has 0 spiro atoms. The van der Waals surface area contributed by atoms with Gasteiger partial charge in [-0.2, -0.15) is 10.2 Å². The molecule has 0 aromatic heterocycles. The number of carbonyl (C=O) groups is 16. The van der Waals surface area contributed by atoms with Crippen LogP contribution in [0.3, 0.4) is 0 Å². The molecule has 7 aliphatic rings. The van der Waals surface area contributed by atoms with E-state index in [1.165, 1.54) is 53.4 Å². The van der Waals surface area contributed by atoms with Crippen molar-refractivity contribution in [2.75, 3.05) is 37.7 Å². The molecule has 1 saturated heterocycles. The number of anilines is 1. The van der Waals surface area contributed by atoms with Crippen LogP contribution in [0, 0.1) is 10.1 Å². The number of hydrogen-bond donors (Lipinski definition) is 14. The second kappa shape index (κ2) is 42.1. The van der Waals surface area contributed by atoms with Crippen molar-refractivity contribution in [1.82, 2.24) is 68.7 Å². The number of fused-ring (bicyclic) bond motifs is 12. The van der Waals surface area contributed by atoms with Crippen LogP contribution in [0.1, 0.15) is 239 Å². The SMILES string of the molecule is CCN(CCOC(=O)CCC(=O)N1C[C@@H](NC(=O)[C@@H](CC(N)=O)NC(=O)c2cc3cc(c2)C(=O)N[C@@H]2CCCCC2NC(=O)c2cccc(c2)C(=O)N[C@@H]2CCCCC2NC3=O)[C@H](NC(=O)[C@@H](CC(N)=O)NC(=O)c2cc3cc(c2)C(=O)N[C@@H]2CCCCC2NC(=O)c2cccc(c2)C(=O)N[C@@H]2CCCCC2NC3=O)C1)c1ccc(N=Nc2ccc([N+](=O)[O-])cc2)cc1. The van der Waals surface area contributed by atoms with Crippen LogP contribution in [0.25, 0.3) is 0 Å². The van der Waals surface area contributed by atoms with Crippen LogP contribution in [0.2, 0.25) is 0 Å². The van der Waals surface area contributed by atoms with Crippen LogP contribution in [0.15, 0.2) is 144 Å². The van der Waals surface area contributed by atoms with E-state index >= 15 is 9.59 Å². The van der Waals surface area contributed by atoms with E-state index in [9.17, 15) is 77.2 Å². The molecule has 3 aliphatic heterocycles. The zero-order valence-electron chi connectivity index (χ0n) is 70.5. The zero-order chi connectivity index (χ0) is 90.8. The van der Waals surface area contributed by atoms with Gasteiger partial charge in [-0.05, 0) is 167 Å². The van der Waals surface area contributed by atoms with Crippen LogP contribution >= 0.6 is 0 Å². The molecule has 4 saturated carbocycles. The van der Waals surface area contributed by atoms with Crippen LogP contribution in [-0.2, 0) is 33.5 Å². The number of nitrogens with one attached hydrogen (secondary N) is 12. The van der Waals surface area contributed by atoms with Gasteiger partial charge in [-0.25, -0.2) is 0 Å². The quantitative estimate of drug-likeness (QED) is 0.0177. The van der Waals surface area contributed by atoms with Gasteiger partial charge in [0.05, 0.1) is 54.2 Å². The van der Waals surface area contributed by atoms with Gasteiger partial charge in [0, 0.05) is 148 Å². The maximum atomic E-state index is 15.1. The number of likely N-dealkylation sites (N-methyl/N-ethyl adjacent to an activating group) is 1. The summed E-state index contributed by atoms with van der Waals surface area (Å²) >= 11 is 0. The molecule has 6 aromatic carbocycles. The Balaban J connectivity index is 0.748. The van der Waals surface area contributed by atoms with Crippen molar-refractivity contribution in [3.8, 4) is 0 Å². The maximum Gasteiger partial charge on any atom is 0.306 e. The van der Waals surface area contributed by atoms with Gasteiger partial charge in [-0.3, -0.25) is 86.8 Å². The second-order valence-electron chi connectivity index (χ2n) is 33.2. The second-order valence-corrected chi connectivity index (χ2v) is 33.2. The molecular weight excluding hydrogens is 1650 g/mol. The first-order valence-electron chi connectivity index (χ1n) is 43.3. The zero-order valence-corrected chi connectivity index (χ0v) is 70.5. The maximum absolute atomic E-state index is 15.1. The van der Waals surface area contributed by atoms with E-state index in [4.69, 9.17) is 16.2 Å². The average Bonchev–Trinajstić information content (AvgIpc) is 1.30. The standard InChI is InChI=1S/C90H103N19O19/c1-2-107(61-29-25-59(26-30-61)105-106-60-27-31-62(32-28-60)109(126)127)35-36-128-78(113)34-33-77(112)108-47-73(103-89(124)71(45-75(91)110)101-87(122)57-41-53-39-54(42-57)84(119)98-68-22-8-4-18-64(68)94-80(115)50-14-11-13-49(37-50)79(114)93-63-17-3-7-21-67(63)97-83(53)118)74(48-108)104-90(125)72(46-76(92)111)102-88(123)58-43-55-40-56(44-58)86(121)100-70-24-10-6-20-66(70)96-82(117)52-16-12-15-51(38-52)81(116)95-65-19-5-9-23-69(65)99-85(55)120/h11-16,25-32,37-44,63-74H,2-10,17-24,33-36,45-48H2,1H3,(H2,91,110)(H2,92,111)(H,93,114)(H,94,115)(H,95,116)(H,96,117)(H,97,118)(H,98,119)(H,99,120)(H,100,121)(H,101,122)(H,102,123)(H,103,124)(H,104,125)/t63-,64?,65-,66?,67?,68-,69?,70-,71-,72-,73-,74-/m1/s1. The number of nitro benzene ring substituents is 1. The van der Waals surface area contributed by atoms with Crippen molar-refractivity contribution in [3.05, 3.63) is 199 Å². The number of esters is 1. The number of nitrogens with two attached hydrogens (primary N) is 2. The number of non-ortho nitro benzene ring substituents is 1. The summed E-state index contributed by atoms with van der Waals surface area (Å²) in [6.07, 6.45) is 6.18. The monoisotopic (exact) mass is 1750 g/mol. The number of likely N-dealkylation sites (tertiary alicyclic amines) is 1. The first kappa shape index (κ1) is 91.3. The van der Waals surface area contributed by atoms with E-state index in [0.29, 0.717) is 121 Å². The fourth-order valence-corrected chi connectivity index (χ4v) is 17.4. The number of nitrogens with zero attached hydrogens (tertiary/aromatic N) is 5. The fourth-order valence-electron chi connectivity index (χ4n) is 17.4. The van der Waals surface area contributed by atoms with E-state index in [0.717, 1.165) is 30.0 Å². The minimum Gasteiger partial charge on any atom is -0.464 e. The molecule has 4 unspecified atom stereocenters. The van der Waals surface area contributed by atoms with Crippen molar-refractivity contribution in [3.63, 3.8) is 0 Å². The normalized spacial score (nSPS) is 22.5. The minimum absolute atomic E-state index is 0.0985. The summed E-state index contributed by atoms with van der Waals surface area (Å²) in [7, 11) is 0. The van der Waals surface area contributed by atoms with E-state index in [1.807, 2.05) is 11.8 Å². The number of primary amides is 2. The highest BCUT2D eigenvalue weighted by Crippen LogP contribution is 2.30. The third-order valence-corrected chi connectivity index (χ3v) is 24.3. The molecule has 8 bridgehead atoms. The first-order valence-corrected chi connectivity index (χ1v) is 43.3. The lowest BCUT2D eigenvalue weighted by atomic mass is 9.89. The van der Waals surface area contributed by atoms with Gasteiger partial charge in [-0.15, -0.1) is 0 Å². The molecule has 38 nitrogen and oxygen atoms in total. The summed E-state index contributed by atoms with van der Waals surface area (Å²) in [6.45, 7) is 1.53. The summed E-state index contributed by atoms with van der Waals surface area (Å²) in [6, 6.07) is 20.4. The predicted molar refractivity (Wildman–Crippen MR) is 462 cm³/mol. The Hall–Kier alpha value is -14.4. The van der Waals surface area contributed by atoms with E-state index < -0.39 is 211 Å². The molecule has 38 heteroatoms. The molecule has 5 fully saturated rings. The van der Waals surface area contributed by atoms with Crippen molar-refractivity contribution in [1.29, 1.82) is 0 Å². The number of ether oxygens (including phenoxy) is 1. The largest absolute Gasteiger partial charge is 0.464 e. The summed E-state index contributed by atoms with van der Waals surface area (Å²) in [5.41, 5.74) is 12.4. The van der Waals surface area contributed by atoms with Crippen LogP contribution in [0.5, 0.6) is 0 Å². The Morgan fingerprint density at radius 3 is 1.05 bits per heavy atom. The smallest absolute Gasteiger partial charge is 0.306 e. The first-order chi connectivity index (χ1) is 61.5. The highest BCUT2D eigenvalue weighted by Gasteiger charge is 2.42. The molecule has 672 valence electrons. The van der Waals surface area contributed by atoms with Crippen molar-refractivity contribution >= 4 is 117 Å². The number of benzene rings is 6. The number of rotatable bonds is 23. The number of amides is 15. The van der Waals surface area contributed by atoms with Gasteiger partial charge >= 0.3 is 5.97 Å². The van der Waals surface area contributed by atoms with Crippen molar-refractivity contribution in [2.24, 2.45) is 21.7 Å². The average molecular weight is 1750 g/mol. The Morgan fingerprint density at radius 2 is 0.750 bits per heavy atom. The highest BCUT2D eigenvalue weighted by molar-refractivity contribution is 6.09. The van der Waals surface area contributed by atoms with E-state index in [-0.39, 0.29) is 74.5 Å². The predicted octanol–water partition coefficient (Wildman–Crippen LogP) is 4.83. The number of hydrogen-bond acceptors (Lipinski definition) is 22. The summed E-state index contributed by atoms with van der Waals surface area (Å²) in [5.74, 6) is -13.1. The van der Waals surface area contributed by atoms with E-state index in [2.05, 4.69) is 74.0 Å².